The van der Waals surface area contributed by atoms with Crippen molar-refractivity contribution in [3.05, 3.63) is 27.3 Å². The summed E-state index contributed by atoms with van der Waals surface area (Å²) in [6.07, 6.45) is -4.33. The Kier molecular flexibility index (Phi) is 3.53. The number of halogens is 4. The first-order chi connectivity index (χ1) is 7.91. The zero-order chi connectivity index (χ0) is 12.6. The lowest BCUT2D eigenvalue weighted by Crippen LogP contribution is -2.49. The van der Waals surface area contributed by atoms with E-state index in [1.807, 2.05) is 22.6 Å². The van der Waals surface area contributed by atoms with Gasteiger partial charge in [-0.25, -0.2) is 0 Å². The first kappa shape index (κ1) is 12.9. The summed E-state index contributed by atoms with van der Waals surface area (Å²) >= 11 is 1.87. The highest BCUT2D eigenvalue weighted by molar-refractivity contribution is 14.1. The third kappa shape index (κ3) is 2.67. The summed E-state index contributed by atoms with van der Waals surface area (Å²) in [4.78, 5) is 1.65. The number of aliphatic hydroxyl groups is 1. The van der Waals surface area contributed by atoms with Gasteiger partial charge in [0.25, 0.3) is 0 Å². The lowest BCUT2D eigenvalue weighted by Gasteiger charge is -2.41. The third-order valence-corrected chi connectivity index (χ3v) is 3.49. The average Bonchev–Trinajstić information content (AvgIpc) is 2.17. The molecule has 0 bridgehead atoms. The zero-order valence-corrected chi connectivity index (χ0v) is 11.0. The number of anilines is 1. The minimum atomic E-state index is -4.33. The number of nitrogens with zero attached hydrogens (tertiary/aromatic N) is 1. The van der Waals surface area contributed by atoms with E-state index in [0.29, 0.717) is 16.7 Å². The van der Waals surface area contributed by atoms with Crippen LogP contribution in [0.25, 0.3) is 0 Å². The molecule has 0 unspecified atom stereocenters. The van der Waals surface area contributed by atoms with E-state index in [-0.39, 0.29) is 18.2 Å². The second kappa shape index (κ2) is 4.64. The van der Waals surface area contributed by atoms with Gasteiger partial charge in [0.05, 0.1) is 5.56 Å². The number of hydrogen-bond donors (Lipinski definition) is 1. The van der Waals surface area contributed by atoms with Crippen molar-refractivity contribution in [3.63, 3.8) is 0 Å². The molecule has 1 aliphatic rings. The Balaban J connectivity index is 2.28. The molecule has 1 heterocycles. The highest BCUT2D eigenvalue weighted by atomic mass is 127. The SMILES string of the molecule is OCC1CN(c2ccc(I)cc2C(F)(F)F)C1. The van der Waals surface area contributed by atoms with Crippen LogP contribution < -0.4 is 4.90 Å². The predicted molar refractivity (Wildman–Crippen MR) is 66.9 cm³/mol. The molecular formula is C11H11F3INO. The Bertz CT molecular complexity index is 416. The quantitative estimate of drug-likeness (QED) is 0.823. The molecule has 0 radical (unpaired) electrons. The summed E-state index contributed by atoms with van der Waals surface area (Å²) in [5.41, 5.74) is -0.386. The van der Waals surface area contributed by atoms with E-state index in [9.17, 15) is 13.2 Å². The maximum Gasteiger partial charge on any atom is 0.418 e. The van der Waals surface area contributed by atoms with Gasteiger partial charge < -0.3 is 10.0 Å². The van der Waals surface area contributed by atoms with Crippen molar-refractivity contribution in [3.8, 4) is 0 Å². The molecule has 0 atom stereocenters. The Morgan fingerprint density at radius 2 is 2.00 bits per heavy atom. The molecule has 1 saturated heterocycles. The molecule has 1 aromatic rings. The maximum atomic E-state index is 12.8. The monoisotopic (exact) mass is 357 g/mol. The lowest BCUT2D eigenvalue weighted by molar-refractivity contribution is -0.137. The van der Waals surface area contributed by atoms with Gasteiger partial charge in [0.15, 0.2) is 0 Å². The van der Waals surface area contributed by atoms with Crippen molar-refractivity contribution < 1.29 is 18.3 Å². The fraction of sp³-hybridized carbons (Fsp3) is 0.455. The van der Waals surface area contributed by atoms with Crippen molar-refractivity contribution in [1.29, 1.82) is 0 Å². The largest absolute Gasteiger partial charge is 0.418 e. The molecular weight excluding hydrogens is 346 g/mol. The summed E-state index contributed by atoms with van der Waals surface area (Å²) in [5.74, 6) is 0.0929. The van der Waals surface area contributed by atoms with Crippen LogP contribution in [0.1, 0.15) is 5.56 Å². The van der Waals surface area contributed by atoms with Crippen molar-refractivity contribution >= 4 is 28.3 Å². The van der Waals surface area contributed by atoms with Gasteiger partial charge in [0, 0.05) is 34.9 Å². The summed E-state index contributed by atoms with van der Waals surface area (Å²) in [6.45, 7) is 1.00. The van der Waals surface area contributed by atoms with Crippen LogP contribution in [0, 0.1) is 9.49 Å². The van der Waals surface area contributed by atoms with E-state index in [1.54, 1.807) is 11.0 Å². The van der Waals surface area contributed by atoms with Gasteiger partial charge in [-0.3, -0.25) is 0 Å². The minimum absolute atomic E-state index is 0.0300. The molecule has 0 aliphatic carbocycles. The van der Waals surface area contributed by atoms with Gasteiger partial charge in [-0.1, -0.05) is 0 Å². The van der Waals surface area contributed by atoms with Gasteiger partial charge >= 0.3 is 6.18 Å². The Morgan fingerprint density at radius 1 is 1.35 bits per heavy atom. The van der Waals surface area contributed by atoms with Crippen LogP contribution in [0.2, 0.25) is 0 Å². The van der Waals surface area contributed by atoms with Crippen LogP contribution in [-0.2, 0) is 6.18 Å². The first-order valence-electron chi connectivity index (χ1n) is 5.14. The van der Waals surface area contributed by atoms with E-state index < -0.39 is 11.7 Å². The summed E-state index contributed by atoms with van der Waals surface area (Å²) < 4.78 is 39.1. The third-order valence-electron chi connectivity index (χ3n) is 2.82. The van der Waals surface area contributed by atoms with Crippen LogP contribution in [0.15, 0.2) is 18.2 Å². The number of hydrogen-bond acceptors (Lipinski definition) is 2. The molecule has 1 aromatic carbocycles. The van der Waals surface area contributed by atoms with Gasteiger partial charge in [-0.2, -0.15) is 13.2 Å². The van der Waals surface area contributed by atoms with Crippen LogP contribution in [-0.4, -0.2) is 24.8 Å². The van der Waals surface area contributed by atoms with Crippen molar-refractivity contribution in [2.75, 3.05) is 24.6 Å². The average molecular weight is 357 g/mol. The van der Waals surface area contributed by atoms with Crippen molar-refractivity contribution in [2.24, 2.45) is 5.92 Å². The standard InChI is InChI=1S/C11H11F3INO/c12-11(13,14)9-3-8(15)1-2-10(9)16-4-7(5-16)6-17/h1-3,7,17H,4-6H2. The van der Waals surface area contributed by atoms with Crippen LogP contribution in [0.4, 0.5) is 18.9 Å². The van der Waals surface area contributed by atoms with Crippen molar-refractivity contribution in [2.45, 2.75) is 6.18 Å². The van der Waals surface area contributed by atoms with Crippen molar-refractivity contribution in [1.82, 2.24) is 0 Å². The Morgan fingerprint density at radius 3 is 2.53 bits per heavy atom. The summed E-state index contributed by atoms with van der Waals surface area (Å²) in [6, 6.07) is 4.32. The summed E-state index contributed by atoms with van der Waals surface area (Å²) in [7, 11) is 0. The van der Waals surface area contributed by atoms with Crippen LogP contribution >= 0.6 is 22.6 Å². The minimum Gasteiger partial charge on any atom is -0.396 e. The lowest BCUT2D eigenvalue weighted by atomic mass is 9.98. The van der Waals surface area contributed by atoms with E-state index in [2.05, 4.69) is 0 Å². The van der Waals surface area contributed by atoms with Crippen LogP contribution in [0.5, 0.6) is 0 Å². The van der Waals surface area contributed by atoms with Gasteiger partial charge in [0.2, 0.25) is 0 Å². The van der Waals surface area contributed by atoms with E-state index >= 15 is 0 Å². The molecule has 1 fully saturated rings. The molecule has 0 amide bonds. The summed E-state index contributed by atoms with van der Waals surface area (Å²) in [5, 5.41) is 8.87. The second-order valence-electron chi connectivity index (χ2n) is 4.11. The van der Waals surface area contributed by atoms with E-state index in [0.717, 1.165) is 6.07 Å². The zero-order valence-electron chi connectivity index (χ0n) is 8.84. The molecule has 0 saturated carbocycles. The van der Waals surface area contributed by atoms with Crippen LogP contribution in [0.3, 0.4) is 0 Å². The highest BCUT2D eigenvalue weighted by Crippen LogP contribution is 2.39. The molecule has 2 nitrogen and oxygen atoms in total. The fourth-order valence-corrected chi connectivity index (χ4v) is 2.38. The van der Waals surface area contributed by atoms with E-state index in [4.69, 9.17) is 5.11 Å². The normalized spacial score (nSPS) is 17.1. The Hall–Kier alpha value is -0.500. The topological polar surface area (TPSA) is 23.5 Å². The highest BCUT2D eigenvalue weighted by Gasteiger charge is 2.37. The van der Waals surface area contributed by atoms with E-state index in [1.165, 1.54) is 6.07 Å². The number of benzene rings is 1. The maximum absolute atomic E-state index is 12.8. The molecule has 1 N–H and O–H groups in total. The molecule has 2 rings (SSSR count). The molecule has 94 valence electrons. The predicted octanol–water partition coefficient (Wildman–Crippen LogP) is 2.74. The number of aliphatic hydroxyl groups excluding tert-OH is 1. The molecule has 17 heavy (non-hydrogen) atoms. The molecule has 6 heteroatoms. The Labute approximate surface area is 111 Å². The first-order valence-corrected chi connectivity index (χ1v) is 6.22. The fourth-order valence-electron chi connectivity index (χ4n) is 1.89. The second-order valence-corrected chi connectivity index (χ2v) is 5.36. The smallest absolute Gasteiger partial charge is 0.396 e. The number of rotatable bonds is 2. The van der Waals surface area contributed by atoms with Gasteiger partial charge in [0.1, 0.15) is 0 Å². The molecule has 0 spiro atoms. The molecule has 0 aromatic heterocycles. The van der Waals surface area contributed by atoms with Gasteiger partial charge in [-0.15, -0.1) is 0 Å². The van der Waals surface area contributed by atoms with Gasteiger partial charge in [-0.05, 0) is 40.8 Å². The number of alkyl halides is 3. The molecule has 1 aliphatic heterocycles.